The molecule has 1 heterocycles. The molecule has 0 radical (unpaired) electrons. The first kappa shape index (κ1) is 23.6. The van der Waals surface area contributed by atoms with Gasteiger partial charge in [-0.3, -0.25) is 19.7 Å². The van der Waals surface area contributed by atoms with Crippen LogP contribution in [0.1, 0.15) is 10.4 Å². The van der Waals surface area contributed by atoms with Crippen molar-refractivity contribution < 1.29 is 14.5 Å². The molecule has 11 heteroatoms. The third-order valence-corrected chi connectivity index (χ3v) is 5.99. The Morgan fingerprint density at radius 3 is 2.20 bits per heavy atom. The van der Waals surface area contributed by atoms with Gasteiger partial charge in [0, 0.05) is 41.7 Å². The van der Waals surface area contributed by atoms with Gasteiger partial charge in [-0.2, -0.15) is 0 Å². The lowest BCUT2D eigenvalue weighted by atomic mass is 10.1. The molecule has 3 aromatic carbocycles. The highest BCUT2D eigenvalue weighted by Gasteiger charge is 2.14. The lowest BCUT2D eigenvalue weighted by molar-refractivity contribution is -0.384. The Labute approximate surface area is 204 Å². The van der Waals surface area contributed by atoms with Crippen LogP contribution in [-0.2, 0) is 11.8 Å². The van der Waals surface area contributed by atoms with E-state index in [1.807, 2.05) is 18.2 Å². The van der Waals surface area contributed by atoms with Crippen LogP contribution in [-0.4, -0.2) is 37.3 Å². The Balaban J connectivity index is 1.34. The van der Waals surface area contributed by atoms with Crippen LogP contribution in [0.15, 0.2) is 84.0 Å². The van der Waals surface area contributed by atoms with E-state index >= 15 is 0 Å². The first-order chi connectivity index (χ1) is 16.9. The van der Waals surface area contributed by atoms with Gasteiger partial charge in [0.2, 0.25) is 5.91 Å². The SMILES string of the molecule is Cn1c(SCC(=O)Nc2ccc([N+](=O)[O-])cc2)nnc1-c1ccc(NC(=O)c2ccccc2)cc1. The monoisotopic (exact) mass is 488 g/mol. The fourth-order valence-electron chi connectivity index (χ4n) is 3.18. The summed E-state index contributed by atoms with van der Waals surface area (Å²) in [6.07, 6.45) is 0. The van der Waals surface area contributed by atoms with Gasteiger partial charge in [-0.15, -0.1) is 10.2 Å². The van der Waals surface area contributed by atoms with Crippen LogP contribution in [0.4, 0.5) is 17.1 Å². The van der Waals surface area contributed by atoms with Gasteiger partial charge in [-0.1, -0.05) is 30.0 Å². The van der Waals surface area contributed by atoms with E-state index in [9.17, 15) is 19.7 Å². The topological polar surface area (TPSA) is 132 Å². The van der Waals surface area contributed by atoms with Gasteiger partial charge in [0.1, 0.15) is 0 Å². The summed E-state index contributed by atoms with van der Waals surface area (Å²) >= 11 is 1.22. The summed E-state index contributed by atoms with van der Waals surface area (Å²) in [5.74, 6) is 0.242. The number of carbonyl (C=O) groups excluding carboxylic acids is 2. The van der Waals surface area contributed by atoms with Crippen LogP contribution in [0.5, 0.6) is 0 Å². The molecule has 0 saturated heterocycles. The molecular weight excluding hydrogens is 468 g/mol. The van der Waals surface area contributed by atoms with E-state index in [2.05, 4.69) is 20.8 Å². The molecule has 0 aliphatic rings. The molecule has 0 aliphatic carbocycles. The zero-order valence-electron chi connectivity index (χ0n) is 18.5. The van der Waals surface area contributed by atoms with Crippen molar-refractivity contribution in [3.05, 3.63) is 94.5 Å². The van der Waals surface area contributed by atoms with Gasteiger partial charge in [0.05, 0.1) is 10.7 Å². The molecule has 0 fully saturated rings. The average molecular weight is 489 g/mol. The molecule has 4 rings (SSSR count). The number of nitrogens with one attached hydrogen (secondary N) is 2. The number of anilines is 2. The minimum atomic E-state index is -0.499. The van der Waals surface area contributed by atoms with Crippen molar-refractivity contribution in [3.8, 4) is 11.4 Å². The first-order valence-electron chi connectivity index (χ1n) is 10.4. The van der Waals surface area contributed by atoms with Crippen molar-refractivity contribution in [1.82, 2.24) is 14.8 Å². The Kier molecular flexibility index (Phi) is 7.17. The van der Waals surface area contributed by atoms with Crippen molar-refractivity contribution in [3.63, 3.8) is 0 Å². The number of amides is 2. The van der Waals surface area contributed by atoms with E-state index in [0.717, 1.165) is 5.56 Å². The predicted octanol–water partition coefficient (Wildman–Crippen LogP) is 4.37. The van der Waals surface area contributed by atoms with Crippen LogP contribution < -0.4 is 10.6 Å². The van der Waals surface area contributed by atoms with E-state index in [1.54, 1.807) is 48.0 Å². The molecule has 4 aromatic rings. The van der Waals surface area contributed by atoms with Gasteiger partial charge in [-0.05, 0) is 48.5 Å². The standard InChI is InChI=1S/C24H20N6O4S/c1-29-22(16-7-9-19(10-8-16)26-23(32)17-5-3-2-4-6-17)27-28-24(29)35-15-21(31)25-18-11-13-20(14-12-18)30(33)34/h2-14H,15H2,1H3,(H,25,31)(H,26,32). The Bertz CT molecular complexity index is 1360. The highest BCUT2D eigenvalue weighted by Crippen LogP contribution is 2.24. The van der Waals surface area contributed by atoms with Crippen LogP contribution in [0.3, 0.4) is 0 Å². The number of rotatable bonds is 8. The number of benzene rings is 3. The molecule has 2 N–H and O–H groups in total. The zero-order chi connectivity index (χ0) is 24.8. The number of nitrogens with zero attached hydrogens (tertiary/aromatic N) is 4. The molecule has 0 aliphatic heterocycles. The number of carbonyl (C=O) groups is 2. The molecule has 0 unspecified atom stereocenters. The summed E-state index contributed by atoms with van der Waals surface area (Å²) < 4.78 is 1.78. The molecule has 10 nitrogen and oxygen atoms in total. The van der Waals surface area contributed by atoms with E-state index in [0.29, 0.717) is 27.9 Å². The van der Waals surface area contributed by atoms with E-state index < -0.39 is 4.92 Å². The Hall–Kier alpha value is -4.51. The number of thioether (sulfide) groups is 1. The summed E-state index contributed by atoms with van der Waals surface area (Å²) in [6, 6.07) is 21.8. The largest absolute Gasteiger partial charge is 0.325 e. The molecule has 0 saturated carbocycles. The number of aromatic nitrogens is 3. The first-order valence-corrected chi connectivity index (χ1v) is 11.4. The van der Waals surface area contributed by atoms with Crippen molar-refractivity contribution in [2.75, 3.05) is 16.4 Å². The highest BCUT2D eigenvalue weighted by molar-refractivity contribution is 7.99. The summed E-state index contributed by atoms with van der Waals surface area (Å²) in [4.78, 5) is 34.8. The summed E-state index contributed by atoms with van der Waals surface area (Å²) in [5, 5.41) is 25.2. The fraction of sp³-hybridized carbons (Fsp3) is 0.0833. The van der Waals surface area contributed by atoms with E-state index in [4.69, 9.17) is 0 Å². The fourth-order valence-corrected chi connectivity index (χ4v) is 3.89. The van der Waals surface area contributed by atoms with Crippen molar-refractivity contribution in [2.24, 2.45) is 7.05 Å². The highest BCUT2D eigenvalue weighted by atomic mass is 32.2. The molecule has 176 valence electrons. The molecule has 0 spiro atoms. The lowest BCUT2D eigenvalue weighted by Crippen LogP contribution is -2.14. The Morgan fingerprint density at radius 1 is 0.914 bits per heavy atom. The lowest BCUT2D eigenvalue weighted by Gasteiger charge is -2.07. The van der Waals surface area contributed by atoms with Crippen LogP contribution >= 0.6 is 11.8 Å². The Morgan fingerprint density at radius 2 is 1.54 bits per heavy atom. The van der Waals surface area contributed by atoms with Crippen LogP contribution in [0.25, 0.3) is 11.4 Å². The average Bonchev–Trinajstić information content (AvgIpc) is 3.24. The second kappa shape index (κ2) is 10.6. The summed E-state index contributed by atoms with van der Waals surface area (Å²) in [5.41, 5.74) is 2.46. The maximum Gasteiger partial charge on any atom is 0.269 e. The zero-order valence-corrected chi connectivity index (χ0v) is 19.4. The number of nitro groups is 1. The molecule has 35 heavy (non-hydrogen) atoms. The van der Waals surface area contributed by atoms with E-state index in [-0.39, 0.29) is 23.3 Å². The number of nitro benzene ring substituents is 1. The smallest absolute Gasteiger partial charge is 0.269 e. The van der Waals surface area contributed by atoms with E-state index in [1.165, 1.54) is 36.0 Å². The minimum absolute atomic E-state index is 0.0457. The van der Waals surface area contributed by atoms with Gasteiger partial charge in [-0.25, -0.2) is 0 Å². The second-order valence-corrected chi connectivity index (χ2v) is 8.35. The van der Waals surface area contributed by atoms with Gasteiger partial charge in [0.15, 0.2) is 11.0 Å². The number of hydrogen-bond acceptors (Lipinski definition) is 7. The summed E-state index contributed by atoms with van der Waals surface area (Å²) in [6.45, 7) is 0. The second-order valence-electron chi connectivity index (χ2n) is 7.40. The maximum atomic E-state index is 12.3. The van der Waals surface area contributed by atoms with Crippen LogP contribution in [0.2, 0.25) is 0 Å². The van der Waals surface area contributed by atoms with Gasteiger partial charge < -0.3 is 15.2 Å². The molecule has 1 aromatic heterocycles. The molecule has 0 bridgehead atoms. The van der Waals surface area contributed by atoms with Crippen molar-refractivity contribution in [1.29, 1.82) is 0 Å². The van der Waals surface area contributed by atoms with Crippen molar-refractivity contribution in [2.45, 2.75) is 5.16 Å². The number of non-ortho nitro benzene ring substituents is 1. The van der Waals surface area contributed by atoms with Crippen LogP contribution in [0, 0.1) is 10.1 Å². The molecule has 2 amide bonds. The normalized spacial score (nSPS) is 10.5. The molecule has 0 atom stereocenters. The van der Waals surface area contributed by atoms with Gasteiger partial charge in [0.25, 0.3) is 11.6 Å². The van der Waals surface area contributed by atoms with Crippen molar-refractivity contribution >= 4 is 40.6 Å². The summed E-state index contributed by atoms with van der Waals surface area (Å²) in [7, 11) is 1.80. The molecular formula is C24H20N6O4S. The minimum Gasteiger partial charge on any atom is -0.325 e. The third kappa shape index (κ3) is 5.89. The maximum absolute atomic E-state index is 12.3. The van der Waals surface area contributed by atoms with Gasteiger partial charge >= 0.3 is 0 Å². The quantitative estimate of drug-likeness (QED) is 0.214. The predicted molar refractivity (Wildman–Crippen MR) is 133 cm³/mol. The number of hydrogen-bond donors (Lipinski definition) is 2. The third-order valence-electron chi connectivity index (χ3n) is 4.97.